The molecule has 0 fully saturated rings. The van der Waals surface area contributed by atoms with E-state index in [9.17, 15) is 0 Å². The van der Waals surface area contributed by atoms with Gasteiger partial charge in [-0.25, -0.2) is 24.9 Å². The molecule has 21 aromatic carbocycles. The normalized spacial score (nSPS) is 12.1. The number of nitrogens with zero attached hydrogens (tertiary/aromatic N) is 12. The van der Waals surface area contributed by atoms with Crippen LogP contribution in [-0.2, 0) is 0 Å². The predicted octanol–water partition coefficient (Wildman–Crippen LogP) is 33.7. The van der Waals surface area contributed by atoms with Crippen LogP contribution in [0.2, 0.25) is 0 Å². The van der Waals surface area contributed by atoms with E-state index in [1.54, 1.807) is 11.3 Å². The Labute approximate surface area is 811 Å². The lowest BCUT2D eigenvalue weighted by Gasteiger charge is -2.33. The fourth-order valence-electron chi connectivity index (χ4n) is 20.7. The summed E-state index contributed by atoms with van der Waals surface area (Å²) < 4.78 is 10.5. The summed E-state index contributed by atoms with van der Waals surface area (Å²) >= 11 is 1.73. The van der Waals surface area contributed by atoms with Gasteiger partial charge in [0.25, 0.3) is 0 Å². The minimum Gasteiger partial charge on any atom is -0.306 e. The molecule has 0 saturated carbocycles. The van der Waals surface area contributed by atoms with Crippen molar-refractivity contribution in [1.82, 2.24) is 43.2 Å². The van der Waals surface area contributed by atoms with E-state index < -0.39 is 0 Å². The summed E-state index contributed by atoms with van der Waals surface area (Å²) in [4.78, 5) is 32.6. The third-order valence-corrected chi connectivity index (χ3v) is 28.4. The molecule has 3 aliphatic rings. The van der Waals surface area contributed by atoms with Crippen molar-refractivity contribution in [2.45, 2.75) is 0 Å². The number of imidazole rings is 4. The van der Waals surface area contributed by atoms with Gasteiger partial charge in [0.15, 0.2) is 0 Å². The van der Waals surface area contributed by atoms with Gasteiger partial charge in [0, 0.05) is 50.6 Å². The molecule has 0 amide bonds. The zero-order valence-corrected chi connectivity index (χ0v) is 76.4. The van der Waals surface area contributed by atoms with Crippen LogP contribution in [0.3, 0.4) is 0 Å². The summed E-state index contributed by atoms with van der Waals surface area (Å²) in [6.45, 7) is 0. The first-order chi connectivity index (χ1) is 69.4. The topological polar surface area (TPSA) is 93.9 Å². The molecule has 29 rings (SSSR count). The van der Waals surface area contributed by atoms with Gasteiger partial charge in [-0.15, -0.1) is 11.3 Å². The van der Waals surface area contributed by atoms with Gasteiger partial charge in [-0.05, 0) is 230 Å². The lowest BCUT2D eigenvalue weighted by molar-refractivity contribution is 1.06. The number of fused-ring (bicyclic) bond motifs is 10. The van der Waals surface area contributed by atoms with Gasteiger partial charge in [-0.1, -0.05) is 334 Å². The Morgan fingerprint density at radius 1 is 0.157 bits per heavy atom. The largest absolute Gasteiger partial charge is 0.306 e. The lowest BCUT2D eigenvalue weighted by Crippen LogP contribution is -2.18. The number of hydrogen-bond donors (Lipinski definition) is 0. The van der Waals surface area contributed by atoms with Crippen molar-refractivity contribution in [3.63, 3.8) is 0 Å². The van der Waals surface area contributed by atoms with Crippen molar-refractivity contribution in [3.8, 4) is 123 Å². The van der Waals surface area contributed by atoms with Gasteiger partial charge in [0.1, 0.15) is 28.3 Å². The van der Waals surface area contributed by atoms with E-state index >= 15 is 0 Å². The molecular weight excluding hydrogens is 1730 g/mol. The molecule has 0 spiro atoms. The van der Waals surface area contributed by atoms with Crippen molar-refractivity contribution in [3.05, 3.63) is 497 Å². The summed E-state index contributed by atoms with van der Waals surface area (Å²) in [5.74, 6) is 3.77. The van der Waals surface area contributed by atoms with Gasteiger partial charge in [-0.3, -0.25) is 18.3 Å². The molecule has 0 unspecified atom stereocenters. The summed E-state index contributed by atoms with van der Waals surface area (Å²) in [5, 5.41) is 6.03. The van der Waals surface area contributed by atoms with Crippen LogP contribution in [0.5, 0.6) is 0 Å². The third kappa shape index (κ3) is 13.9. The van der Waals surface area contributed by atoms with E-state index in [2.05, 4.69) is 500 Å². The maximum absolute atomic E-state index is 5.18. The summed E-state index contributed by atoms with van der Waals surface area (Å²) in [7, 11) is 0. The van der Waals surface area contributed by atoms with Crippen LogP contribution in [0.25, 0.3) is 199 Å². The Hall–Kier alpha value is -18.7. The second kappa shape index (κ2) is 33.7. The van der Waals surface area contributed by atoms with E-state index in [0.717, 1.165) is 196 Å². The molecule has 12 nitrogen and oxygen atoms in total. The number of rotatable bonds is 13. The van der Waals surface area contributed by atoms with Crippen LogP contribution in [0.1, 0.15) is 0 Å². The first kappa shape index (κ1) is 80.9. The van der Waals surface area contributed by atoms with Crippen LogP contribution in [-0.4, -0.2) is 43.2 Å². The number of anilines is 9. The zero-order valence-electron chi connectivity index (χ0n) is 75.6. The molecule has 0 radical (unpaired) electrons. The van der Waals surface area contributed by atoms with E-state index in [1.165, 1.54) is 54.1 Å². The average molecular weight is 1810 g/mol. The Morgan fingerprint density at radius 3 is 0.864 bits per heavy atom. The maximum atomic E-state index is 5.18. The molecule has 0 aliphatic carbocycles. The average Bonchev–Trinajstić information content (AvgIpc) is 1.57. The van der Waals surface area contributed by atoms with Crippen LogP contribution >= 0.6 is 11.3 Å². The standard InChI is InChI=1S/C45H29N3.C44H29N5.C38H24N4S/c1-3-11-31(12-4-1)45-46-40-16-9-17-42-44(40)48(45)41-25-24-38(29-43(41)47(42)39-14-5-2-6-15-39)37-23-22-35-27-34(20-21-36(35)28-37)33-19-18-30-10-7-8-13-32(30)26-33;1-4-13-31(14-5-1)44-46-37-20-12-22-40-42(37)49(44)39-28-27-33(29-41(39)47(40)34-15-6-2-7-16-34)30-23-25-32(26-24-30)43-45-36-19-10-11-21-38(36)48(43)35-17-8-3-9-18-35;1-3-10-26(11-4-1)37-39-31-15-9-16-33-36(31)42(37)32-23-22-28(24-34(32)41(33)29-12-5-2-6-13-29)25-18-20-27(21-19-25)38-40-30-14-7-8-17-35(30)43-38/h1-29H;1-29H;1-24H. The highest BCUT2D eigenvalue weighted by molar-refractivity contribution is 7.21. The Balaban J connectivity index is 0.000000106. The number of aromatic nitrogens is 9. The monoisotopic (exact) mass is 1810 g/mol. The second-order valence-corrected chi connectivity index (χ2v) is 36.6. The smallest absolute Gasteiger partial charge is 0.145 e. The molecule has 3 aliphatic heterocycles. The van der Waals surface area contributed by atoms with Crippen LogP contribution in [0.15, 0.2) is 497 Å². The molecule has 13 heteroatoms. The molecule has 0 saturated heterocycles. The van der Waals surface area contributed by atoms with Gasteiger partial charge in [-0.2, -0.15) is 0 Å². The molecule has 140 heavy (non-hydrogen) atoms. The lowest BCUT2D eigenvalue weighted by atomic mass is 9.96. The molecule has 8 heterocycles. The van der Waals surface area contributed by atoms with Gasteiger partial charge in [0.05, 0.1) is 106 Å². The number of para-hydroxylation sites is 10. The molecule has 5 aromatic heterocycles. The fourth-order valence-corrected chi connectivity index (χ4v) is 21.7. The van der Waals surface area contributed by atoms with Gasteiger partial charge < -0.3 is 14.7 Å². The van der Waals surface area contributed by atoms with Gasteiger partial charge in [0.2, 0.25) is 0 Å². The number of hydrogen-bond acceptors (Lipinski definition) is 9. The molecule has 656 valence electrons. The highest BCUT2D eigenvalue weighted by Gasteiger charge is 2.35. The van der Waals surface area contributed by atoms with Crippen LogP contribution < -0.4 is 14.7 Å². The van der Waals surface area contributed by atoms with E-state index in [4.69, 9.17) is 24.9 Å². The summed E-state index contributed by atoms with van der Waals surface area (Å²) in [6, 6.07) is 177. The molecular formula is C127H82N12S. The first-order valence-corrected chi connectivity index (χ1v) is 48.1. The predicted molar refractivity (Wildman–Crippen MR) is 580 cm³/mol. The van der Waals surface area contributed by atoms with Crippen molar-refractivity contribution in [2.75, 3.05) is 14.7 Å². The van der Waals surface area contributed by atoms with Crippen molar-refractivity contribution >= 4 is 138 Å². The van der Waals surface area contributed by atoms with Crippen molar-refractivity contribution < 1.29 is 0 Å². The quantitative estimate of drug-likeness (QED) is 0.113. The van der Waals surface area contributed by atoms with Crippen molar-refractivity contribution in [1.29, 1.82) is 0 Å². The van der Waals surface area contributed by atoms with Crippen LogP contribution in [0, 0.1) is 0 Å². The van der Waals surface area contributed by atoms with E-state index in [1.807, 2.05) is 30.3 Å². The van der Waals surface area contributed by atoms with E-state index in [-0.39, 0.29) is 0 Å². The highest BCUT2D eigenvalue weighted by atomic mass is 32.1. The third-order valence-electron chi connectivity index (χ3n) is 27.3. The van der Waals surface area contributed by atoms with E-state index in [0.29, 0.717) is 0 Å². The fraction of sp³-hybridized carbons (Fsp3) is 0. The maximum Gasteiger partial charge on any atom is 0.145 e. The second-order valence-electron chi connectivity index (χ2n) is 35.5. The van der Waals surface area contributed by atoms with Crippen LogP contribution in [0.4, 0.5) is 51.2 Å². The Kier molecular flexibility index (Phi) is 19.5. The Morgan fingerprint density at radius 2 is 0.443 bits per heavy atom. The number of thiazole rings is 1. The minimum absolute atomic E-state index is 0.925. The first-order valence-electron chi connectivity index (χ1n) is 47.2. The summed E-state index contributed by atoms with van der Waals surface area (Å²) in [5.41, 5.74) is 38.8. The minimum atomic E-state index is 0.925. The molecule has 0 atom stereocenters. The number of benzene rings is 21. The van der Waals surface area contributed by atoms with Crippen molar-refractivity contribution in [2.24, 2.45) is 0 Å². The molecule has 0 N–H and O–H groups in total. The SMILES string of the molecule is c1ccc(-c2nc3cccc4c3n2-c2ccc(-c3ccc(-c5nc6ccccc6n5-c5ccccc5)cc3)cc2N4c2ccccc2)cc1.c1ccc(-c2nc3cccc4c3n2-c2ccc(-c3ccc(-c5nc6ccccc6s5)cc3)cc2N4c2ccccc2)cc1.c1ccc(-c2nc3cccc4c3n2-c2ccc(-c3ccc5cc(-c6ccc7ccccc7c6)ccc5c3)cc2N4c2ccccc2)cc1. The summed E-state index contributed by atoms with van der Waals surface area (Å²) in [6.07, 6.45) is 0. The van der Waals surface area contributed by atoms with Gasteiger partial charge >= 0.3 is 0 Å². The highest BCUT2D eigenvalue weighted by Crippen LogP contribution is 2.55. The molecule has 0 bridgehead atoms. The Bertz CT molecular complexity index is 9270. The zero-order chi connectivity index (χ0) is 92.2. The molecule has 26 aromatic rings.